The highest BCUT2D eigenvalue weighted by Gasteiger charge is 2.23. The number of hydrogen-bond acceptors (Lipinski definition) is 9. The van der Waals surface area contributed by atoms with Crippen molar-refractivity contribution < 1.29 is 19.5 Å². The van der Waals surface area contributed by atoms with Crippen LogP contribution < -0.4 is 4.74 Å². The van der Waals surface area contributed by atoms with E-state index in [1.165, 1.54) is 11.1 Å². The minimum atomic E-state index is -0.730. The van der Waals surface area contributed by atoms with Gasteiger partial charge in [-0.3, -0.25) is 4.90 Å². The van der Waals surface area contributed by atoms with E-state index >= 15 is 0 Å². The van der Waals surface area contributed by atoms with Gasteiger partial charge in [0, 0.05) is 31.4 Å². The van der Waals surface area contributed by atoms with E-state index in [2.05, 4.69) is 39.1 Å². The van der Waals surface area contributed by atoms with Gasteiger partial charge in [-0.15, -0.1) is 0 Å². The number of pyridine rings is 1. The van der Waals surface area contributed by atoms with Gasteiger partial charge in [0.15, 0.2) is 0 Å². The lowest BCUT2D eigenvalue weighted by Gasteiger charge is -2.31. The van der Waals surface area contributed by atoms with Gasteiger partial charge in [0.1, 0.15) is 11.6 Å². The minimum absolute atomic E-state index is 0.0933. The number of hydrogen-bond donors (Lipinski definition) is 2. The molecular formula is C24H27N5O4. The summed E-state index contributed by atoms with van der Waals surface area (Å²) in [5.41, 5.74) is 5.29. The molecule has 0 saturated carbocycles. The molecule has 0 saturated heterocycles. The van der Waals surface area contributed by atoms with Crippen LogP contribution in [-0.2, 0) is 13.0 Å². The van der Waals surface area contributed by atoms with Crippen molar-refractivity contribution in [1.29, 1.82) is 5.26 Å². The Balaban J connectivity index is 1.58. The molecule has 1 aromatic carbocycles. The molecule has 0 bridgehead atoms. The van der Waals surface area contributed by atoms with Crippen LogP contribution in [0.2, 0.25) is 0 Å². The third-order valence-corrected chi connectivity index (χ3v) is 5.68. The van der Waals surface area contributed by atoms with Crippen LogP contribution in [0.3, 0.4) is 0 Å². The highest BCUT2D eigenvalue weighted by Crippen LogP contribution is 2.31. The number of nitrogens with zero attached hydrogens (tertiary/aromatic N) is 5. The van der Waals surface area contributed by atoms with Gasteiger partial charge in [0.05, 0.1) is 24.4 Å². The molecule has 0 unspecified atom stereocenters. The molecule has 2 N–H and O–H groups in total. The quantitative estimate of drug-likeness (QED) is 0.559. The number of β-amino-alcohol motifs (C(OH)–C–C–N with tert-alkyl or cyclic N) is 1. The molecule has 172 valence electrons. The van der Waals surface area contributed by atoms with Crippen molar-refractivity contribution in [3.05, 3.63) is 46.6 Å². The van der Waals surface area contributed by atoms with Gasteiger partial charge in [-0.05, 0) is 49.9 Å². The number of ether oxygens (including phenoxy) is 1. The lowest BCUT2D eigenvalue weighted by atomic mass is 9.91. The first-order valence-electron chi connectivity index (χ1n) is 10.9. The fourth-order valence-electron chi connectivity index (χ4n) is 4.07. The lowest BCUT2D eigenvalue weighted by Crippen LogP contribution is -2.38. The van der Waals surface area contributed by atoms with E-state index in [9.17, 15) is 10.4 Å². The van der Waals surface area contributed by atoms with E-state index < -0.39 is 6.10 Å². The van der Waals surface area contributed by atoms with Crippen molar-refractivity contribution in [1.82, 2.24) is 20.0 Å². The summed E-state index contributed by atoms with van der Waals surface area (Å²) in [5.74, 6) is 1.04. The van der Waals surface area contributed by atoms with Gasteiger partial charge in [0.2, 0.25) is 11.7 Å². The Morgan fingerprint density at radius 3 is 2.88 bits per heavy atom. The standard InChI is InChI=1S/C24H27N5O4/c1-14(2)32-23-17(9-25)8-18(10-26-23)24-27-22(28-33-24)21-5-4-16-11-29(12-19(31)13-30)7-6-20(16)15(21)3/h4-5,8,10,14,19,30-31H,6-7,11-13H2,1-3H3/t19-/m1/s1. The van der Waals surface area contributed by atoms with Gasteiger partial charge in [-0.25, -0.2) is 4.98 Å². The Morgan fingerprint density at radius 2 is 2.15 bits per heavy atom. The summed E-state index contributed by atoms with van der Waals surface area (Å²) in [6.07, 6.45) is 1.58. The molecule has 1 aliphatic heterocycles. The highest BCUT2D eigenvalue weighted by atomic mass is 16.5. The van der Waals surface area contributed by atoms with Gasteiger partial charge in [-0.2, -0.15) is 10.2 Å². The Morgan fingerprint density at radius 1 is 1.33 bits per heavy atom. The van der Waals surface area contributed by atoms with Crippen molar-refractivity contribution in [2.45, 2.75) is 45.9 Å². The number of rotatable bonds is 7. The Kier molecular flexibility index (Phi) is 6.70. The molecular weight excluding hydrogens is 422 g/mol. The summed E-state index contributed by atoms with van der Waals surface area (Å²) in [4.78, 5) is 10.9. The predicted octanol–water partition coefficient (Wildman–Crippen LogP) is 2.48. The zero-order valence-electron chi connectivity index (χ0n) is 18.9. The van der Waals surface area contributed by atoms with E-state index in [1.54, 1.807) is 12.3 Å². The molecule has 4 rings (SSSR count). The van der Waals surface area contributed by atoms with E-state index in [0.29, 0.717) is 23.5 Å². The van der Waals surface area contributed by atoms with Gasteiger partial charge >= 0.3 is 0 Å². The van der Waals surface area contributed by atoms with Crippen molar-refractivity contribution in [2.75, 3.05) is 19.7 Å². The Hall–Kier alpha value is -3.32. The zero-order chi connectivity index (χ0) is 23.5. The number of benzene rings is 1. The summed E-state index contributed by atoms with van der Waals surface area (Å²) in [7, 11) is 0. The summed E-state index contributed by atoms with van der Waals surface area (Å²) in [6, 6.07) is 7.77. The molecule has 0 spiro atoms. The van der Waals surface area contributed by atoms with Crippen LogP contribution >= 0.6 is 0 Å². The van der Waals surface area contributed by atoms with Crippen LogP contribution in [0.1, 0.15) is 36.1 Å². The van der Waals surface area contributed by atoms with Gasteiger partial charge in [-0.1, -0.05) is 17.3 Å². The molecule has 2 aromatic heterocycles. The number of aliphatic hydroxyl groups is 2. The van der Waals surface area contributed by atoms with Crippen molar-refractivity contribution in [3.8, 4) is 34.8 Å². The monoisotopic (exact) mass is 449 g/mol. The first-order valence-corrected chi connectivity index (χ1v) is 10.9. The van der Waals surface area contributed by atoms with Crippen molar-refractivity contribution in [3.63, 3.8) is 0 Å². The van der Waals surface area contributed by atoms with Gasteiger partial charge in [0.25, 0.3) is 5.89 Å². The zero-order valence-corrected chi connectivity index (χ0v) is 18.9. The number of aliphatic hydroxyl groups excluding tert-OH is 2. The molecule has 1 aliphatic rings. The predicted molar refractivity (Wildman–Crippen MR) is 120 cm³/mol. The Labute approximate surface area is 192 Å². The lowest BCUT2D eigenvalue weighted by molar-refractivity contribution is 0.0551. The van der Waals surface area contributed by atoms with Crippen LogP contribution in [0.25, 0.3) is 22.8 Å². The second-order valence-corrected chi connectivity index (χ2v) is 8.48. The molecule has 33 heavy (non-hydrogen) atoms. The number of fused-ring (bicyclic) bond motifs is 1. The minimum Gasteiger partial charge on any atom is -0.474 e. The highest BCUT2D eigenvalue weighted by molar-refractivity contribution is 5.66. The molecule has 1 atom stereocenters. The topological polar surface area (TPSA) is 129 Å². The molecule has 9 heteroatoms. The fraction of sp³-hybridized carbons (Fsp3) is 0.417. The first kappa shape index (κ1) is 22.9. The van der Waals surface area contributed by atoms with E-state index in [4.69, 9.17) is 14.4 Å². The smallest absolute Gasteiger partial charge is 0.259 e. The maximum Gasteiger partial charge on any atom is 0.259 e. The van der Waals surface area contributed by atoms with Crippen LogP contribution in [0.4, 0.5) is 0 Å². The molecule has 0 fully saturated rings. The fourth-order valence-corrected chi connectivity index (χ4v) is 4.07. The summed E-state index contributed by atoms with van der Waals surface area (Å²) in [5, 5.41) is 32.5. The van der Waals surface area contributed by atoms with Crippen molar-refractivity contribution >= 4 is 0 Å². The molecule has 3 aromatic rings. The molecule has 0 aliphatic carbocycles. The largest absolute Gasteiger partial charge is 0.474 e. The normalized spacial score (nSPS) is 14.7. The molecule has 0 radical (unpaired) electrons. The van der Waals surface area contributed by atoms with E-state index in [1.807, 2.05) is 19.9 Å². The number of nitriles is 1. The number of aromatic nitrogens is 3. The van der Waals surface area contributed by atoms with Crippen LogP contribution in [-0.4, -0.2) is 62.1 Å². The van der Waals surface area contributed by atoms with Gasteiger partial charge < -0.3 is 19.5 Å². The summed E-state index contributed by atoms with van der Waals surface area (Å²) >= 11 is 0. The second-order valence-electron chi connectivity index (χ2n) is 8.48. The van der Waals surface area contributed by atoms with Crippen molar-refractivity contribution in [2.24, 2.45) is 0 Å². The summed E-state index contributed by atoms with van der Waals surface area (Å²) in [6.45, 7) is 7.54. The third-order valence-electron chi connectivity index (χ3n) is 5.68. The molecule has 3 heterocycles. The van der Waals surface area contributed by atoms with Crippen LogP contribution in [0.15, 0.2) is 28.9 Å². The SMILES string of the molecule is Cc1c(-c2noc(-c3cnc(OC(C)C)c(C#N)c3)n2)ccc2c1CCN(C[C@@H](O)CO)C2. The average Bonchev–Trinajstić information content (AvgIpc) is 3.29. The maximum absolute atomic E-state index is 9.74. The maximum atomic E-state index is 9.74. The Bertz CT molecular complexity index is 1180. The summed E-state index contributed by atoms with van der Waals surface area (Å²) < 4.78 is 11.1. The van der Waals surface area contributed by atoms with E-state index in [0.717, 1.165) is 30.6 Å². The average molecular weight is 450 g/mol. The first-order chi connectivity index (χ1) is 15.9. The van der Waals surface area contributed by atoms with Crippen LogP contribution in [0.5, 0.6) is 5.88 Å². The third kappa shape index (κ3) is 4.88. The molecule has 0 amide bonds. The molecule has 9 nitrogen and oxygen atoms in total. The second kappa shape index (κ2) is 9.67. The van der Waals surface area contributed by atoms with Crippen LogP contribution in [0, 0.1) is 18.3 Å². The van der Waals surface area contributed by atoms with E-state index in [-0.39, 0.29) is 24.5 Å².